The fourth-order valence-corrected chi connectivity index (χ4v) is 2.26. The van der Waals surface area contributed by atoms with Gasteiger partial charge in [0.25, 0.3) is 0 Å². The van der Waals surface area contributed by atoms with Gasteiger partial charge in [-0.05, 0) is 24.6 Å². The smallest absolute Gasteiger partial charge is 0.369 e. The first-order chi connectivity index (χ1) is 9.43. The van der Waals surface area contributed by atoms with Gasteiger partial charge in [-0.2, -0.15) is 13.2 Å². The molecule has 0 aliphatic heterocycles. The Hall–Kier alpha value is -1.72. The molecule has 2 aromatic rings. The standard InChI is InChI=1S/C14H18F3N3/c1-2-3-4-5-8-20-12-7-6-10(14(15,16)17)9-11(12)19-13(20)18/h6-7,9H,2-5,8H2,1H3,(H2,18,19). The number of hydrogen-bond donors (Lipinski definition) is 1. The first-order valence-corrected chi connectivity index (χ1v) is 6.76. The summed E-state index contributed by atoms with van der Waals surface area (Å²) in [6.07, 6.45) is -0.0471. The molecule has 1 heterocycles. The minimum atomic E-state index is -4.35. The van der Waals surface area contributed by atoms with Gasteiger partial charge in [0.2, 0.25) is 5.95 Å². The summed E-state index contributed by atoms with van der Waals surface area (Å²) in [5.74, 6) is 0.274. The molecule has 1 aromatic carbocycles. The Morgan fingerprint density at radius 1 is 1.20 bits per heavy atom. The molecule has 2 N–H and O–H groups in total. The number of fused-ring (bicyclic) bond motifs is 1. The van der Waals surface area contributed by atoms with Crippen LogP contribution in [0.15, 0.2) is 18.2 Å². The van der Waals surface area contributed by atoms with Gasteiger partial charge in [-0.1, -0.05) is 26.2 Å². The van der Waals surface area contributed by atoms with Crippen molar-refractivity contribution in [1.29, 1.82) is 0 Å². The molecule has 0 atom stereocenters. The maximum atomic E-state index is 12.6. The van der Waals surface area contributed by atoms with Crippen molar-refractivity contribution >= 4 is 17.0 Å². The molecule has 0 bridgehead atoms. The normalized spacial score (nSPS) is 12.2. The number of nitrogens with zero attached hydrogens (tertiary/aromatic N) is 2. The molecule has 0 fully saturated rings. The van der Waals surface area contributed by atoms with E-state index in [9.17, 15) is 13.2 Å². The van der Waals surface area contributed by atoms with Gasteiger partial charge in [-0.15, -0.1) is 0 Å². The molecule has 3 nitrogen and oxygen atoms in total. The fourth-order valence-electron chi connectivity index (χ4n) is 2.26. The summed E-state index contributed by atoms with van der Waals surface area (Å²) in [5, 5.41) is 0. The van der Waals surface area contributed by atoms with Crippen LogP contribution in [-0.4, -0.2) is 9.55 Å². The molecule has 0 amide bonds. The lowest BCUT2D eigenvalue weighted by Crippen LogP contribution is -2.05. The summed E-state index contributed by atoms with van der Waals surface area (Å²) in [6.45, 7) is 2.81. The van der Waals surface area contributed by atoms with E-state index in [4.69, 9.17) is 5.73 Å². The first kappa shape index (κ1) is 14.7. The maximum Gasteiger partial charge on any atom is 0.416 e. The highest BCUT2D eigenvalue weighted by Crippen LogP contribution is 2.31. The SMILES string of the molecule is CCCCCCn1c(N)nc2cc(C(F)(F)F)ccc21. The summed E-state index contributed by atoms with van der Waals surface area (Å²) in [6, 6.07) is 3.57. The molecule has 0 aliphatic rings. The van der Waals surface area contributed by atoms with Crippen molar-refractivity contribution in [3.8, 4) is 0 Å². The van der Waals surface area contributed by atoms with Crippen LogP contribution in [-0.2, 0) is 12.7 Å². The van der Waals surface area contributed by atoms with Crippen LogP contribution < -0.4 is 5.73 Å². The van der Waals surface area contributed by atoms with Gasteiger partial charge in [0.05, 0.1) is 16.6 Å². The third-order valence-electron chi connectivity index (χ3n) is 3.34. The molecule has 2 rings (SSSR count). The van der Waals surface area contributed by atoms with Gasteiger partial charge in [-0.25, -0.2) is 4.98 Å². The van der Waals surface area contributed by atoms with Crippen LogP contribution in [0.25, 0.3) is 11.0 Å². The van der Waals surface area contributed by atoms with E-state index in [2.05, 4.69) is 11.9 Å². The molecule has 1 aromatic heterocycles. The number of nitrogen functional groups attached to an aromatic ring is 1. The molecule has 0 spiro atoms. The highest BCUT2D eigenvalue weighted by Gasteiger charge is 2.31. The number of aryl methyl sites for hydroxylation is 1. The van der Waals surface area contributed by atoms with Gasteiger partial charge in [0.15, 0.2) is 0 Å². The van der Waals surface area contributed by atoms with E-state index in [1.807, 2.05) is 0 Å². The number of aromatic nitrogens is 2. The van der Waals surface area contributed by atoms with Crippen LogP contribution in [0.1, 0.15) is 38.2 Å². The molecular weight excluding hydrogens is 267 g/mol. The first-order valence-electron chi connectivity index (χ1n) is 6.76. The van der Waals surface area contributed by atoms with Crippen molar-refractivity contribution in [2.24, 2.45) is 0 Å². The van der Waals surface area contributed by atoms with Crippen LogP contribution >= 0.6 is 0 Å². The third-order valence-corrected chi connectivity index (χ3v) is 3.34. The minimum Gasteiger partial charge on any atom is -0.369 e. The van der Waals surface area contributed by atoms with Crippen LogP contribution in [0, 0.1) is 0 Å². The molecule has 20 heavy (non-hydrogen) atoms. The topological polar surface area (TPSA) is 43.8 Å². The fraction of sp³-hybridized carbons (Fsp3) is 0.500. The Kier molecular flexibility index (Phi) is 4.20. The highest BCUT2D eigenvalue weighted by atomic mass is 19.4. The zero-order valence-electron chi connectivity index (χ0n) is 11.4. The summed E-state index contributed by atoms with van der Waals surface area (Å²) < 4.78 is 39.7. The third kappa shape index (κ3) is 3.05. The van der Waals surface area contributed by atoms with Crippen molar-refractivity contribution in [1.82, 2.24) is 9.55 Å². The Balaban J connectivity index is 2.26. The number of benzene rings is 1. The molecule has 0 radical (unpaired) electrons. The zero-order chi connectivity index (χ0) is 14.8. The Bertz CT molecular complexity index is 587. The van der Waals surface area contributed by atoms with Crippen molar-refractivity contribution < 1.29 is 13.2 Å². The summed E-state index contributed by atoms with van der Waals surface area (Å²) in [5.41, 5.74) is 6.06. The van der Waals surface area contributed by atoms with Gasteiger partial charge in [0.1, 0.15) is 0 Å². The molecule has 0 saturated carbocycles. The Morgan fingerprint density at radius 3 is 2.60 bits per heavy atom. The molecule has 0 saturated heterocycles. The Labute approximate surface area is 115 Å². The van der Waals surface area contributed by atoms with E-state index >= 15 is 0 Å². The number of imidazole rings is 1. The zero-order valence-corrected chi connectivity index (χ0v) is 11.4. The van der Waals surface area contributed by atoms with Gasteiger partial charge in [-0.3, -0.25) is 0 Å². The number of anilines is 1. The number of nitrogens with two attached hydrogens (primary N) is 1. The van der Waals surface area contributed by atoms with E-state index in [1.54, 1.807) is 4.57 Å². The van der Waals surface area contributed by atoms with Crippen molar-refractivity contribution in [2.75, 3.05) is 5.73 Å². The summed E-state index contributed by atoms with van der Waals surface area (Å²) in [4.78, 5) is 4.03. The van der Waals surface area contributed by atoms with Crippen molar-refractivity contribution in [3.63, 3.8) is 0 Å². The molecule has 0 aliphatic carbocycles. The highest BCUT2D eigenvalue weighted by molar-refractivity contribution is 5.79. The maximum absolute atomic E-state index is 12.6. The molecule has 0 unspecified atom stereocenters. The predicted octanol–water partition coefficient (Wildman–Crippen LogP) is 4.22. The molecule has 110 valence electrons. The largest absolute Gasteiger partial charge is 0.416 e. The van der Waals surface area contributed by atoms with E-state index < -0.39 is 11.7 Å². The van der Waals surface area contributed by atoms with E-state index in [1.165, 1.54) is 6.07 Å². The van der Waals surface area contributed by atoms with Crippen LogP contribution in [0.2, 0.25) is 0 Å². The van der Waals surface area contributed by atoms with Gasteiger partial charge >= 0.3 is 6.18 Å². The van der Waals surface area contributed by atoms with Crippen LogP contribution in [0.4, 0.5) is 19.1 Å². The number of halogens is 3. The number of alkyl halides is 3. The lowest BCUT2D eigenvalue weighted by Gasteiger charge is -2.08. The second-order valence-electron chi connectivity index (χ2n) is 4.88. The number of unbranched alkanes of at least 4 members (excludes halogenated alkanes) is 3. The van der Waals surface area contributed by atoms with E-state index in [0.717, 1.165) is 37.8 Å². The average Bonchev–Trinajstić information content (AvgIpc) is 2.69. The number of hydrogen-bond acceptors (Lipinski definition) is 2. The second-order valence-corrected chi connectivity index (χ2v) is 4.88. The van der Waals surface area contributed by atoms with Crippen molar-refractivity contribution in [3.05, 3.63) is 23.8 Å². The lowest BCUT2D eigenvalue weighted by molar-refractivity contribution is -0.137. The van der Waals surface area contributed by atoms with Crippen LogP contribution in [0.3, 0.4) is 0 Å². The molecule has 6 heteroatoms. The quantitative estimate of drug-likeness (QED) is 0.836. The van der Waals surface area contributed by atoms with E-state index in [0.29, 0.717) is 17.6 Å². The molecular formula is C14H18F3N3. The monoisotopic (exact) mass is 285 g/mol. The minimum absolute atomic E-state index is 0.274. The Morgan fingerprint density at radius 2 is 1.95 bits per heavy atom. The van der Waals surface area contributed by atoms with E-state index in [-0.39, 0.29) is 5.95 Å². The average molecular weight is 285 g/mol. The van der Waals surface area contributed by atoms with Gasteiger partial charge in [0, 0.05) is 6.54 Å². The summed E-state index contributed by atoms with van der Waals surface area (Å²) in [7, 11) is 0. The predicted molar refractivity (Wildman–Crippen MR) is 73.3 cm³/mol. The van der Waals surface area contributed by atoms with Crippen molar-refractivity contribution in [2.45, 2.75) is 45.3 Å². The lowest BCUT2D eigenvalue weighted by atomic mass is 10.2. The number of rotatable bonds is 5. The second kappa shape index (κ2) is 5.73. The summed E-state index contributed by atoms with van der Waals surface area (Å²) >= 11 is 0. The van der Waals surface area contributed by atoms with Crippen LogP contribution in [0.5, 0.6) is 0 Å². The van der Waals surface area contributed by atoms with Gasteiger partial charge < -0.3 is 10.3 Å².